The summed E-state index contributed by atoms with van der Waals surface area (Å²) in [6.45, 7) is 0. The minimum atomic E-state index is -0.544. The van der Waals surface area contributed by atoms with Crippen molar-refractivity contribution in [3.63, 3.8) is 0 Å². The Kier molecular flexibility index (Phi) is 7.67. The number of rotatable bonds is 5. The molecule has 1 aliphatic heterocycles. The van der Waals surface area contributed by atoms with E-state index in [1.165, 1.54) is 66.3 Å². The summed E-state index contributed by atoms with van der Waals surface area (Å²) in [6, 6.07) is 83.7. The highest BCUT2D eigenvalue weighted by Gasteiger charge is 2.54. The second-order valence-corrected chi connectivity index (χ2v) is 18.2. The second-order valence-electron chi connectivity index (χ2n) is 18.2. The molecule has 0 unspecified atom stereocenters. The summed E-state index contributed by atoms with van der Waals surface area (Å²) in [5.74, 6) is 1.88. The van der Waals surface area contributed by atoms with Crippen molar-refractivity contribution in [3.05, 3.63) is 253 Å². The topological polar surface area (TPSA) is 43.6 Å². The molecule has 0 bridgehead atoms. The zero-order valence-electron chi connectivity index (χ0n) is 36.7. The molecule has 0 N–H and O–H groups in total. The number of benzene rings is 10. The number of para-hydroxylation sites is 2. The van der Waals surface area contributed by atoms with Crippen molar-refractivity contribution in [2.24, 2.45) is 0 Å². The van der Waals surface area contributed by atoms with Crippen LogP contribution in [0.15, 0.2) is 231 Å². The van der Waals surface area contributed by atoms with Gasteiger partial charge in [-0.25, -0.2) is 15.0 Å². The Morgan fingerprint density at radius 3 is 1.47 bits per heavy atom. The molecule has 10 aromatic carbocycles. The molecule has 15 rings (SSSR count). The average molecular weight is 863 g/mol. The summed E-state index contributed by atoms with van der Waals surface area (Å²) in [4.78, 5) is 16.4. The van der Waals surface area contributed by atoms with Gasteiger partial charge in [-0.3, -0.25) is 0 Å². The van der Waals surface area contributed by atoms with E-state index >= 15 is 0 Å². The van der Waals surface area contributed by atoms with Gasteiger partial charge in [-0.05, 0) is 91.5 Å². The molecule has 3 aliphatic rings. The Balaban J connectivity index is 1.08. The van der Waals surface area contributed by atoms with Gasteiger partial charge in [0.25, 0.3) is 0 Å². The van der Waals surface area contributed by atoms with E-state index in [2.05, 4.69) is 229 Å². The molecular weight excluding hydrogens is 825 g/mol. The van der Waals surface area contributed by atoms with Crippen molar-refractivity contribution in [3.8, 4) is 95.5 Å². The molecule has 0 saturated carbocycles. The van der Waals surface area contributed by atoms with Crippen LogP contribution in [0.5, 0.6) is 0 Å². The van der Waals surface area contributed by atoms with Crippen molar-refractivity contribution < 1.29 is 0 Å². The molecule has 3 heterocycles. The highest BCUT2D eigenvalue weighted by atomic mass is 15.0. The normalized spacial score (nSPS) is 13.1. The van der Waals surface area contributed by atoms with E-state index < -0.39 is 5.41 Å². The lowest BCUT2D eigenvalue weighted by atomic mass is 9.70. The molecule has 0 saturated heterocycles. The van der Waals surface area contributed by atoms with Crippen LogP contribution in [0.4, 0.5) is 0 Å². The van der Waals surface area contributed by atoms with Gasteiger partial charge < -0.3 is 4.57 Å². The lowest BCUT2D eigenvalue weighted by molar-refractivity contribution is 0.794. The van der Waals surface area contributed by atoms with Gasteiger partial charge in [-0.15, -0.1) is 0 Å². The van der Waals surface area contributed by atoms with Crippen molar-refractivity contribution in [1.29, 1.82) is 0 Å². The van der Waals surface area contributed by atoms with Gasteiger partial charge >= 0.3 is 0 Å². The van der Waals surface area contributed by atoms with E-state index in [1.54, 1.807) is 0 Å². The van der Waals surface area contributed by atoms with Crippen molar-refractivity contribution in [1.82, 2.24) is 19.5 Å². The SMILES string of the molecule is c1ccc(-c2cc(-c3ccccc3)cc(-c3nc(-c4ccccc4)nc(-c4ccc5c6c4-c4ccccc4-n4c7ccccc7c7ccc(c-6c74)C54c5ccccc5-c5ccccc54)n3)c2)cc1. The highest BCUT2D eigenvalue weighted by Crippen LogP contribution is 2.67. The minimum absolute atomic E-state index is 0.544. The molecule has 4 heteroatoms. The Labute approximate surface area is 393 Å². The Bertz CT molecular complexity index is 3970. The standard InChI is InChI=1S/C64H38N4/c1-4-18-39(19-5-1)42-36-43(40-20-6-2-7-21-40)38-44(37-42)62-65-61(41-22-8-3-9-23-41)66-63(67-62)50-33-35-53-58-57(50)49-27-13-17-31-56(49)68-55-30-16-12-26-47(55)48-32-34-54(59(58)60(48)68)64(53)51-28-14-10-24-45(51)46-25-11-15-29-52(46)64/h1-38H. The van der Waals surface area contributed by atoms with Crippen LogP contribution >= 0.6 is 0 Å². The lowest BCUT2D eigenvalue weighted by Gasteiger charge is -2.31. The lowest BCUT2D eigenvalue weighted by Crippen LogP contribution is -2.26. The van der Waals surface area contributed by atoms with Crippen LogP contribution in [0.25, 0.3) is 117 Å². The molecule has 2 aliphatic carbocycles. The second kappa shape index (κ2) is 14.0. The predicted molar refractivity (Wildman–Crippen MR) is 277 cm³/mol. The average Bonchev–Trinajstić information content (AvgIpc) is 3.99. The van der Waals surface area contributed by atoms with E-state index in [-0.39, 0.29) is 0 Å². The summed E-state index contributed by atoms with van der Waals surface area (Å²) in [5.41, 5.74) is 22.9. The number of fused-ring (bicyclic) bond motifs is 13. The van der Waals surface area contributed by atoms with Crippen LogP contribution in [0.1, 0.15) is 22.3 Å². The van der Waals surface area contributed by atoms with E-state index in [1.807, 2.05) is 6.07 Å². The Morgan fingerprint density at radius 2 is 0.794 bits per heavy atom. The van der Waals surface area contributed by atoms with E-state index in [0.717, 1.165) is 55.8 Å². The maximum absolute atomic E-state index is 5.59. The van der Waals surface area contributed by atoms with Crippen LogP contribution in [0, 0.1) is 0 Å². The maximum Gasteiger partial charge on any atom is 0.164 e. The van der Waals surface area contributed by atoms with Crippen LogP contribution < -0.4 is 0 Å². The molecule has 0 atom stereocenters. The smallest absolute Gasteiger partial charge is 0.164 e. The largest absolute Gasteiger partial charge is 0.308 e. The summed E-state index contributed by atoms with van der Waals surface area (Å²) in [7, 11) is 0. The van der Waals surface area contributed by atoms with Crippen LogP contribution in [-0.2, 0) is 5.41 Å². The molecule has 2 aromatic heterocycles. The van der Waals surface area contributed by atoms with Gasteiger partial charge in [0.1, 0.15) is 0 Å². The molecule has 0 fully saturated rings. The summed E-state index contributed by atoms with van der Waals surface area (Å²) >= 11 is 0. The molecule has 1 spiro atoms. The Hall–Kier alpha value is -8.99. The summed E-state index contributed by atoms with van der Waals surface area (Å²) in [6.07, 6.45) is 0. The van der Waals surface area contributed by atoms with Crippen LogP contribution in [0.3, 0.4) is 0 Å². The predicted octanol–water partition coefficient (Wildman–Crippen LogP) is 15.6. The van der Waals surface area contributed by atoms with E-state index in [4.69, 9.17) is 15.0 Å². The fourth-order valence-corrected chi connectivity index (χ4v) is 12.0. The molecule has 314 valence electrons. The van der Waals surface area contributed by atoms with Crippen LogP contribution in [0.2, 0.25) is 0 Å². The van der Waals surface area contributed by atoms with Crippen molar-refractivity contribution >= 4 is 21.8 Å². The maximum atomic E-state index is 5.59. The number of hydrogen-bond donors (Lipinski definition) is 0. The first-order valence-corrected chi connectivity index (χ1v) is 23.4. The van der Waals surface area contributed by atoms with Gasteiger partial charge in [0.2, 0.25) is 0 Å². The molecule has 12 aromatic rings. The Morgan fingerprint density at radius 1 is 0.294 bits per heavy atom. The molecule has 4 nitrogen and oxygen atoms in total. The minimum Gasteiger partial charge on any atom is -0.308 e. The van der Waals surface area contributed by atoms with Crippen LogP contribution in [-0.4, -0.2) is 19.5 Å². The number of nitrogens with zero attached hydrogens (tertiary/aromatic N) is 4. The summed E-state index contributed by atoms with van der Waals surface area (Å²) < 4.78 is 2.53. The first-order valence-electron chi connectivity index (χ1n) is 23.4. The van der Waals surface area contributed by atoms with E-state index in [0.29, 0.717) is 17.5 Å². The van der Waals surface area contributed by atoms with Gasteiger partial charge in [-0.1, -0.05) is 200 Å². The zero-order valence-corrected chi connectivity index (χ0v) is 36.7. The highest BCUT2D eigenvalue weighted by molar-refractivity contribution is 6.20. The molecular formula is C64H38N4. The third-order valence-corrected chi connectivity index (χ3v) is 14.8. The van der Waals surface area contributed by atoms with Gasteiger partial charge in [-0.2, -0.15) is 0 Å². The first-order chi connectivity index (χ1) is 33.7. The first kappa shape index (κ1) is 37.3. The van der Waals surface area contributed by atoms with Gasteiger partial charge in [0.05, 0.1) is 22.1 Å². The van der Waals surface area contributed by atoms with Crippen molar-refractivity contribution in [2.75, 3.05) is 0 Å². The number of aromatic nitrogens is 4. The molecule has 0 amide bonds. The fraction of sp³-hybridized carbons (Fsp3) is 0.0156. The molecule has 68 heavy (non-hydrogen) atoms. The van der Waals surface area contributed by atoms with Gasteiger partial charge in [0.15, 0.2) is 17.5 Å². The monoisotopic (exact) mass is 862 g/mol. The van der Waals surface area contributed by atoms with Gasteiger partial charge in [0, 0.05) is 44.2 Å². The number of hydrogen-bond acceptors (Lipinski definition) is 3. The molecule has 0 radical (unpaired) electrons. The van der Waals surface area contributed by atoms with Crippen molar-refractivity contribution in [2.45, 2.75) is 5.41 Å². The third-order valence-electron chi connectivity index (χ3n) is 14.8. The summed E-state index contributed by atoms with van der Waals surface area (Å²) in [5, 5.41) is 2.49. The quantitative estimate of drug-likeness (QED) is 0.173. The fourth-order valence-electron chi connectivity index (χ4n) is 12.0. The third kappa shape index (κ3) is 5.01. The van der Waals surface area contributed by atoms with E-state index in [9.17, 15) is 0 Å². The zero-order chi connectivity index (χ0) is 44.5.